The molecule has 0 atom stereocenters. The molecular weight excluding hydrogens is 456 g/mol. The first kappa shape index (κ1) is 24.0. The van der Waals surface area contributed by atoms with Crippen LogP contribution in [-0.4, -0.2) is 68.3 Å². The number of nitrogens with zero attached hydrogens (tertiary/aromatic N) is 4. The zero-order valence-corrected chi connectivity index (χ0v) is 21.2. The molecule has 0 unspecified atom stereocenters. The normalized spacial score (nSPS) is 15.1. The molecule has 1 saturated heterocycles. The van der Waals surface area contributed by atoms with Crippen molar-refractivity contribution in [2.45, 2.75) is 20.0 Å². The lowest BCUT2D eigenvalue weighted by Gasteiger charge is -2.31. The van der Waals surface area contributed by atoms with Gasteiger partial charge in [0.05, 0.1) is 43.0 Å². The third-order valence-corrected chi connectivity index (χ3v) is 6.59. The molecule has 4 heterocycles. The molecule has 2 N–H and O–H groups in total. The van der Waals surface area contributed by atoms with Crippen molar-refractivity contribution < 1.29 is 14.3 Å². The molecule has 0 spiro atoms. The van der Waals surface area contributed by atoms with Crippen molar-refractivity contribution in [2.75, 3.05) is 57.7 Å². The van der Waals surface area contributed by atoms with E-state index in [9.17, 15) is 4.79 Å². The number of aryl methyl sites for hydroxylation is 1. The maximum absolute atomic E-state index is 12.9. The Morgan fingerprint density at radius 2 is 1.94 bits per heavy atom. The second-order valence-corrected chi connectivity index (χ2v) is 9.30. The Bertz CT molecular complexity index is 1290. The predicted molar refractivity (Wildman–Crippen MR) is 140 cm³/mol. The van der Waals surface area contributed by atoms with Gasteiger partial charge in [-0.1, -0.05) is 6.07 Å². The second kappa shape index (κ2) is 10.1. The van der Waals surface area contributed by atoms with E-state index in [2.05, 4.69) is 31.5 Å². The van der Waals surface area contributed by atoms with Crippen LogP contribution in [0, 0.1) is 6.92 Å². The lowest BCUT2D eigenvalue weighted by atomic mass is 9.94. The molecule has 0 bridgehead atoms. The summed E-state index contributed by atoms with van der Waals surface area (Å²) in [6.07, 6.45) is 1.73. The molecule has 1 fully saturated rings. The third-order valence-electron chi connectivity index (χ3n) is 6.59. The third kappa shape index (κ3) is 4.59. The number of nitrogens with one attached hydrogen (secondary N) is 2. The summed E-state index contributed by atoms with van der Waals surface area (Å²) in [5.74, 6) is 1.33. The Labute approximate surface area is 211 Å². The van der Waals surface area contributed by atoms with Crippen molar-refractivity contribution in [3.05, 3.63) is 59.0 Å². The van der Waals surface area contributed by atoms with Gasteiger partial charge in [0, 0.05) is 43.6 Å². The molecule has 188 valence electrons. The number of hydrogen-bond acceptors (Lipinski definition) is 8. The smallest absolute Gasteiger partial charge is 0.254 e. The van der Waals surface area contributed by atoms with Crippen LogP contribution in [0.3, 0.4) is 0 Å². The number of carbonyl (C=O) groups excluding carboxylic acids is 1. The molecule has 36 heavy (non-hydrogen) atoms. The predicted octanol–water partition coefficient (Wildman–Crippen LogP) is 3.35. The van der Waals surface area contributed by atoms with Gasteiger partial charge in [-0.3, -0.25) is 9.78 Å². The number of ether oxygens (including phenoxy) is 2. The summed E-state index contributed by atoms with van der Waals surface area (Å²) < 4.78 is 11.1. The standard InChI is InChI=1S/C27H32N6O3/c1-17-25(23(35-4)9-10-28-17)18-5-6-20(26-19(18)15-29-27(26)34)30-24-8-7-22(21(31-24)16-32(2)3)33-11-13-36-14-12-33/h5-10H,11-16H2,1-4H3,(H,29,34)(H,30,31). The minimum absolute atomic E-state index is 0.103. The van der Waals surface area contributed by atoms with E-state index in [1.54, 1.807) is 13.3 Å². The maximum atomic E-state index is 12.9. The highest BCUT2D eigenvalue weighted by atomic mass is 16.5. The van der Waals surface area contributed by atoms with Gasteiger partial charge in [0.1, 0.15) is 11.6 Å². The van der Waals surface area contributed by atoms with Gasteiger partial charge in [-0.15, -0.1) is 0 Å². The number of amides is 1. The number of anilines is 3. The lowest BCUT2D eigenvalue weighted by molar-refractivity contribution is 0.0966. The molecule has 5 rings (SSSR count). The Kier molecular flexibility index (Phi) is 6.75. The molecule has 1 aromatic carbocycles. The van der Waals surface area contributed by atoms with Crippen LogP contribution in [0.15, 0.2) is 36.5 Å². The fourth-order valence-electron chi connectivity index (χ4n) is 4.94. The van der Waals surface area contributed by atoms with Crippen LogP contribution in [0.5, 0.6) is 5.75 Å². The highest BCUT2D eigenvalue weighted by Gasteiger charge is 2.28. The van der Waals surface area contributed by atoms with E-state index in [0.717, 1.165) is 71.5 Å². The van der Waals surface area contributed by atoms with Gasteiger partial charge < -0.3 is 29.9 Å². The summed E-state index contributed by atoms with van der Waals surface area (Å²) in [5, 5.41) is 6.40. The topological polar surface area (TPSA) is 91.8 Å². The fourth-order valence-corrected chi connectivity index (χ4v) is 4.94. The van der Waals surface area contributed by atoms with E-state index in [4.69, 9.17) is 14.5 Å². The van der Waals surface area contributed by atoms with Crippen LogP contribution in [-0.2, 0) is 17.8 Å². The maximum Gasteiger partial charge on any atom is 0.254 e. The van der Waals surface area contributed by atoms with E-state index in [-0.39, 0.29) is 5.91 Å². The van der Waals surface area contributed by atoms with E-state index in [0.29, 0.717) is 24.5 Å². The Morgan fingerprint density at radius 3 is 2.69 bits per heavy atom. The zero-order valence-electron chi connectivity index (χ0n) is 21.2. The Morgan fingerprint density at radius 1 is 1.14 bits per heavy atom. The largest absolute Gasteiger partial charge is 0.496 e. The fraction of sp³-hybridized carbons (Fsp3) is 0.370. The summed E-state index contributed by atoms with van der Waals surface area (Å²) in [4.78, 5) is 26.8. The number of pyridine rings is 2. The van der Waals surface area contributed by atoms with Crippen LogP contribution >= 0.6 is 0 Å². The highest BCUT2D eigenvalue weighted by Crippen LogP contribution is 2.40. The molecule has 9 nitrogen and oxygen atoms in total. The molecule has 2 aliphatic rings. The van der Waals surface area contributed by atoms with E-state index in [1.165, 1.54) is 0 Å². The SMILES string of the molecule is COc1ccnc(C)c1-c1ccc(Nc2ccc(N3CCOCC3)c(CN(C)C)n2)c2c1CNC2=O. The molecule has 0 aliphatic carbocycles. The molecule has 0 saturated carbocycles. The molecule has 3 aromatic rings. The summed E-state index contributed by atoms with van der Waals surface area (Å²) in [7, 11) is 5.72. The molecule has 9 heteroatoms. The monoisotopic (exact) mass is 488 g/mol. The van der Waals surface area contributed by atoms with E-state index in [1.807, 2.05) is 45.3 Å². The van der Waals surface area contributed by atoms with Crippen molar-refractivity contribution in [1.29, 1.82) is 0 Å². The average Bonchev–Trinajstić information content (AvgIpc) is 3.27. The first-order valence-electron chi connectivity index (χ1n) is 12.1. The van der Waals surface area contributed by atoms with Crippen molar-refractivity contribution in [2.24, 2.45) is 0 Å². The first-order valence-corrected chi connectivity index (χ1v) is 12.1. The number of morpholine rings is 1. The summed E-state index contributed by atoms with van der Waals surface area (Å²) in [6, 6.07) is 9.89. The molecule has 1 amide bonds. The number of carbonyl (C=O) groups is 1. The van der Waals surface area contributed by atoms with Gasteiger partial charge in [-0.2, -0.15) is 0 Å². The van der Waals surface area contributed by atoms with E-state index >= 15 is 0 Å². The Balaban J connectivity index is 1.52. The number of aromatic nitrogens is 2. The summed E-state index contributed by atoms with van der Waals surface area (Å²) in [5.41, 5.74) is 7.09. The second-order valence-electron chi connectivity index (χ2n) is 9.30. The van der Waals surface area contributed by atoms with Crippen LogP contribution in [0.2, 0.25) is 0 Å². The van der Waals surface area contributed by atoms with Crippen molar-refractivity contribution in [3.8, 4) is 16.9 Å². The minimum atomic E-state index is -0.103. The van der Waals surface area contributed by atoms with Gasteiger partial charge in [0.15, 0.2) is 0 Å². The van der Waals surface area contributed by atoms with Crippen LogP contribution in [0.25, 0.3) is 11.1 Å². The average molecular weight is 489 g/mol. The quantitative estimate of drug-likeness (QED) is 0.523. The van der Waals surface area contributed by atoms with Gasteiger partial charge in [-0.05, 0) is 56.4 Å². The minimum Gasteiger partial charge on any atom is -0.496 e. The first-order chi connectivity index (χ1) is 17.5. The van der Waals surface area contributed by atoms with Gasteiger partial charge >= 0.3 is 0 Å². The molecule has 0 radical (unpaired) electrons. The molecule has 2 aliphatic heterocycles. The zero-order chi connectivity index (χ0) is 25.2. The van der Waals surface area contributed by atoms with Crippen molar-refractivity contribution >= 4 is 23.1 Å². The summed E-state index contributed by atoms with van der Waals surface area (Å²) >= 11 is 0. The Hall–Kier alpha value is -3.69. The van der Waals surface area contributed by atoms with Crippen molar-refractivity contribution in [1.82, 2.24) is 20.2 Å². The number of hydrogen-bond donors (Lipinski definition) is 2. The highest BCUT2D eigenvalue weighted by molar-refractivity contribution is 6.06. The van der Waals surface area contributed by atoms with Crippen LogP contribution < -0.4 is 20.3 Å². The van der Waals surface area contributed by atoms with Crippen molar-refractivity contribution in [3.63, 3.8) is 0 Å². The van der Waals surface area contributed by atoms with Crippen LogP contribution in [0.4, 0.5) is 17.2 Å². The molecule has 2 aromatic heterocycles. The van der Waals surface area contributed by atoms with Gasteiger partial charge in [0.25, 0.3) is 5.91 Å². The van der Waals surface area contributed by atoms with Crippen LogP contribution in [0.1, 0.15) is 27.3 Å². The van der Waals surface area contributed by atoms with Gasteiger partial charge in [-0.25, -0.2) is 4.98 Å². The lowest BCUT2D eigenvalue weighted by Crippen LogP contribution is -2.37. The number of rotatable bonds is 7. The summed E-state index contributed by atoms with van der Waals surface area (Å²) in [6.45, 7) is 6.24. The number of methoxy groups -OCH3 is 1. The van der Waals surface area contributed by atoms with Gasteiger partial charge in [0.2, 0.25) is 0 Å². The molecular formula is C27H32N6O3. The van der Waals surface area contributed by atoms with E-state index < -0.39 is 0 Å². The number of benzene rings is 1. The number of fused-ring (bicyclic) bond motifs is 1.